The molecule has 0 amide bonds. The van der Waals surface area contributed by atoms with E-state index in [9.17, 15) is 0 Å². The summed E-state index contributed by atoms with van der Waals surface area (Å²) in [4.78, 5) is 0. The molecular weight excluding hydrogens is 272 g/mol. The molecule has 0 radical (unpaired) electrons. The Labute approximate surface area is 104 Å². The zero-order valence-corrected chi connectivity index (χ0v) is 10.8. The van der Waals surface area contributed by atoms with Crippen LogP contribution in [0.25, 0.3) is 0 Å². The van der Waals surface area contributed by atoms with Gasteiger partial charge in [-0.1, -0.05) is 12.1 Å². The van der Waals surface area contributed by atoms with Crippen LogP contribution in [0.1, 0.15) is 18.6 Å². The average Bonchev–Trinajstić information content (AvgIpc) is 2.33. The van der Waals surface area contributed by atoms with Crippen molar-refractivity contribution in [1.29, 1.82) is 0 Å². The van der Waals surface area contributed by atoms with Gasteiger partial charge in [0, 0.05) is 5.56 Å². The highest BCUT2D eigenvalue weighted by Crippen LogP contribution is 2.34. The Hall–Kier alpha value is -0.580. The van der Waals surface area contributed by atoms with Gasteiger partial charge in [0.1, 0.15) is 11.9 Å². The molecule has 16 heavy (non-hydrogen) atoms. The minimum Gasteiger partial charge on any atom is -0.493 e. The maximum Gasteiger partial charge on any atom is 0.133 e. The number of halogens is 1. The molecule has 1 aromatic rings. The summed E-state index contributed by atoms with van der Waals surface area (Å²) < 4.78 is 17.6. The molecule has 3 nitrogen and oxygen atoms in total. The van der Waals surface area contributed by atoms with E-state index in [0.29, 0.717) is 26.4 Å². The summed E-state index contributed by atoms with van der Waals surface area (Å²) in [5, 5.41) is 0. The highest BCUT2D eigenvalue weighted by Gasteiger charge is 2.20. The predicted molar refractivity (Wildman–Crippen MR) is 64.8 cm³/mol. The van der Waals surface area contributed by atoms with Crippen LogP contribution in [0.4, 0.5) is 0 Å². The number of hydrogen-bond donors (Lipinski definition) is 0. The lowest BCUT2D eigenvalue weighted by Crippen LogP contribution is -2.22. The van der Waals surface area contributed by atoms with Crippen molar-refractivity contribution in [3.05, 3.63) is 28.2 Å². The molecular formula is C12H15BrO3. The maximum absolute atomic E-state index is 5.67. The van der Waals surface area contributed by atoms with Crippen molar-refractivity contribution in [2.45, 2.75) is 13.0 Å². The number of rotatable bonds is 3. The lowest BCUT2D eigenvalue weighted by Gasteiger charge is -2.24. The van der Waals surface area contributed by atoms with Crippen molar-refractivity contribution in [3.8, 4) is 5.75 Å². The normalized spacial score (nSPS) is 20.8. The van der Waals surface area contributed by atoms with Gasteiger partial charge in [-0.05, 0) is 28.9 Å². The third-order valence-corrected chi connectivity index (χ3v) is 3.30. The van der Waals surface area contributed by atoms with Crippen molar-refractivity contribution >= 4 is 15.9 Å². The summed E-state index contributed by atoms with van der Waals surface area (Å²) in [6.07, 6.45) is 0.00327. The standard InChI is InChI=1S/C12H15BrO3/c1-2-15-10-5-3-4-9(12(10)13)11-8-14-6-7-16-11/h3-5,11H,2,6-8H2,1H3. The Morgan fingerprint density at radius 2 is 2.31 bits per heavy atom. The first-order chi connectivity index (χ1) is 7.83. The summed E-state index contributed by atoms with van der Waals surface area (Å²) in [5.74, 6) is 0.856. The maximum atomic E-state index is 5.67. The van der Waals surface area contributed by atoms with E-state index in [1.165, 1.54) is 0 Å². The van der Waals surface area contributed by atoms with Gasteiger partial charge in [0.2, 0.25) is 0 Å². The van der Waals surface area contributed by atoms with E-state index < -0.39 is 0 Å². The second-order valence-corrected chi connectivity index (χ2v) is 4.32. The predicted octanol–water partition coefficient (Wildman–Crippen LogP) is 2.94. The fraction of sp³-hybridized carbons (Fsp3) is 0.500. The molecule has 88 valence electrons. The quantitative estimate of drug-likeness (QED) is 0.855. The van der Waals surface area contributed by atoms with Crippen LogP contribution in [0, 0.1) is 0 Å². The monoisotopic (exact) mass is 286 g/mol. The number of hydrogen-bond acceptors (Lipinski definition) is 3. The molecule has 1 fully saturated rings. The molecule has 4 heteroatoms. The van der Waals surface area contributed by atoms with Crippen molar-refractivity contribution in [2.24, 2.45) is 0 Å². The first-order valence-electron chi connectivity index (χ1n) is 5.43. The summed E-state index contributed by atoms with van der Waals surface area (Å²) in [7, 11) is 0. The van der Waals surface area contributed by atoms with Gasteiger partial charge >= 0.3 is 0 Å². The third kappa shape index (κ3) is 2.56. The second-order valence-electron chi connectivity index (χ2n) is 3.53. The lowest BCUT2D eigenvalue weighted by atomic mass is 10.1. The topological polar surface area (TPSA) is 27.7 Å². The Kier molecular flexibility index (Phi) is 4.21. The highest BCUT2D eigenvalue weighted by atomic mass is 79.9. The molecule has 1 saturated heterocycles. The molecule has 0 N–H and O–H groups in total. The van der Waals surface area contributed by atoms with E-state index >= 15 is 0 Å². The van der Waals surface area contributed by atoms with E-state index in [0.717, 1.165) is 15.8 Å². The zero-order chi connectivity index (χ0) is 11.4. The van der Waals surface area contributed by atoms with Gasteiger partial charge < -0.3 is 14.2 Å². The van der Waals surface area contributed by atoms with Crippen molar-refractivity contribution in [1.82, 2.24) is 0 Å². The average molecular weight is 287 g/mol. The summed E-state index contributed by atoms with van der Waals surface area (Å²) in [6.45, 7) is 4.56. The minimum atomic E-state index is 0.00327. The van der Waals surface area contributed by atoms with Crippen LogP contribution in [-0.2, 0) is 9.47 Å². The summed E-state index contributed by atoms with van der Waals surface area (Å²) in [6, 6.07) is 5.95. The van der Waals surface area contributed by atoms with Crippen LogP contribution in [0.3, 0.4) is 0 Å². The van der Waals surface area contributed by atoms with Crippen molar-refractivity contribution in [2.75, 3.05) is 26.4 Å². The Bertz CT molecular complexity index is 348. The molecule has 0 aromatic heterocycles. The Balaban J connectivity index is 2.22. The van der Waals surface area contributed by atoms with Gasteiger partial charge in [0.25, 0.3) is 0 Å². The molecule has 1 aliphatic rings. The molecule has 1 heterocycles. The van der Waals surface area contributed by atoms with Gasteiger partial charge in [-0.25, -0.2) is 0 Å². The van der Waals surface area contributed by atoms with E-state index in [-0.39, 0.29) is 6.10 Å². The van der Waals surface area contributed by atoms with Crippen molar-refractivity contribution < 1.29 is 14.2 Å². The SMILES string of the molecule is CCOc1cccc(C2COCCO2)c1Br. The van der Waals surface area contributed by atoms with E-state index in [4.69, 9.17) is 14.2 Å². The lowest BCUT2D eigenvalue weighted by molar-refractivity contribution is -0.0904. The fourth-order valence-corrected chi connectivity index (χ4v) is 2.34. The molecule has 1 aliphatic heterocycles. The van der Waals surface area contributed by atoms with Gasteiger partial charge in [0.15, 0.2) is 0 Å². The minimum absolute atomic E-state index is 0.00327. The molecule has 0 spiro atoms. The van der Waals surface area contributed by atoms with Gasteiger partial charge in [-0.3, -0.25) is 0 Å². The number of benzene rings is 1. The Morgan fingerprint density at radius 3 is 3.00 bits per heavy atom. The zero-order valence-electron chi connectivity index (χ0n) is 9.24. The summed E-state index contributed by atoms with van der Waals surface area (Å²) in [5.41, 5.74) is 1.09. The Morgan fingerprint density at radius 1 is 1.44 bits per heavy atom. The third-order valence-electron chi connectivity index (χ3n) is 2.46. The fourth-order valence-electron chi connectivity index (χ4n) is 1.71. The molecule has 1 unspecified atom stereocenters. The van der Waals surface area contributed by atoms with E-state index in [1.807, 2.05) is 25.1 Å². The number of ether oxygens (including phenoxy) is 3. The van der Waals surface area contributed by atoms with Crippen LogP contribution in [0.2, 0.25) is 0 Å². The smallest absolute Gasteiger partial charge is 0.133 e. The highest BCUT2D eigenvalue weighted by molar-refractivity contribution is 9.10. The molecule has 1 atom stereocenters. The first kappa shape index (κ1) is 11.9. The van der Waals surface area contributed by atoms with Gasteiger partial charge in [-0.15, -0.1) is 0 Å². The molecule has 1 aromatic carbocycles. The van der Waals surface area contributed by atoms with Crippen molar-refractivity contribution in [3.63, 3.8) is 0 Å². The molecule has 0 saturated carbocycles. The van der Waals surface area contributed by atoms with Crippen LogP contribution >= 0.6 is 15.9 Å². The van der Waals surface area contributed by atoms with Crippen LogP contribution in [0.5, 0.6) is 5.75 Å². The van der Waals surface area contributed by atoms with Gasteiger partial charge in [-0.2, -0.15) is 0 Å². The van der Waals surface area contributed by atoms with E-state index in [2.05, 4.69) is 15.9 Å². The van der Waals surface area contributed by atoms with E-state index in [1.54, 1.807) is 0 Å². The molecule has 0 bridgehead atoms. The van der Waals surface area contributed by atoms with Gasteiger partial charge in [0.05, 0.1) is 30.9 Å². The van der Waals surface area contributed by atoms with Crippen LogP contribution in [0.15, 0.2) is 22.7 Å². The first-order valence-corrected chi connectivity index (χ1v) is 6.22. The molecule has 0 aliphatic carbocycles. The van der Waals surface area contributed by atoms with Crippen LogP contribution in [-0.4, -0.2) is 26.4 Å². The summed E-state index contributed by atoms with van der Waals surface area (Å²) >= 11 is 3.56. The van der Waals surface area contributed by atoms with Crippen LogP contribution < -0.4 is 4.74 Å². The second kappa shape index (κ2) is 5.66. The largest absolute Gasteiger partial charge is 0.493 e. The molecule has 2 rings (SSSR count).